The third-order valence-corrected chi connectivity index (χ3v) is 7.45. The normalized spacial score (nSPS) is 19.8. The molecule has 36 heavy (non-hydrogen) atoms. The minimum absolute atomic E-state index is 0.0475. The maximum atomic E-state index is 13.5. The van der Waals surface area contributed by atoms with Gasteiger partial charge in [-0.25, -0.2) is 13.1 Å². The lowest BCUT2D eigenvalue weighted by molar-refractivity contribution is -0.131. The number of carbonyl (C=O) groups is 1. The molecule has 0 unspecified atom stereocenters. The van der Waals surface area contributed by atoms with Crippen molar-refractivity contribution < 1.29 is 17.9 Å². The Bertz CT molecular complexity index is 1250. The Morgan fingerprint density at radius 3 is 2.33 bits per heavy atom. The van der Waals surface area contributed by atoms with Crippen molar-refractivity contribution in [1.82, 2.24) is 10.0 Å². The molecule has 1 fully saturated rings. The zero-order chi connectivity index (χ0) is 25.4. The number of benzene rings is 3. The van der Waals surface area contributed by atoms with Gasteiger partial charge in [-0.2, -0.15) is 0 Å². The summed E-state index contributed by atoms with van der Waals surface area (Å²) < 4.78 is 32.2. The number of nitrogens with one attached hydrogen (secondary N) is 2. The van der Waals surface area contributed by atoms with E-state index in [1.54, 1.807) is 0 Å². The van der Waals surface area contributed by atoms with Gasteiger partial charge in [-0.15, -0.1) is 0 Å². The maximum absolute atomic E-state index is 13.5. The van der Waals surface area contributed by atoms with Crippen molar-refractivity contribution in [2.45, 2.75) is 38.3 Å². The second-order valence-corrected chi connectivity index (χ2v) is 11.4. The van der Waals surface area contributed by atoms with Crippen LogP contribution in [0, 0.1) is 5.41 Å². The highest BCUT2D eigenvalue weighted by Crippen LogP contribution is 2.42. The van der Waals surface area contributed by atoms with Gasteiger partial charge in [0.2, 0.25) is 15.9 Å². The van der Waals surface area contributed by atoms with Crippen molar-refractivity contribution in [3.05, 3.63) is 96.1 Å². The molecule has 2 atom stereocenters. The quantitative estimate of drug-likeness (QED) is 0.380. The van der Waals surface area contributed by atoms with Gasteiger partial charge in [-0.3, -0.25) is 4.79 Å². The average Bonchev–Trinajstić information content (AvgIpc) is 3.27. The molecule has 4 rings (SSSR count). The number of sulfonamides is 1. The highest BCUT2D eigenvalue weighted by Gasteiger charge is 2.45. The van der Waals surface area contributed by atoms with Crippen LogP contribution in [0.15, 0.2) is 84.9 Å². The van der Waals surface area contributed by atoms with Gasteiger partial charge in [0.1, 0.15) is 0 Å². The molecule has 3 aromatic rings. The van der Waals surface area contributed by atoms with Gasteiger partial charge in [0, 0.05) is 12.6 Å². The Morgan fingerprint density at radius 1 is 0.944 bits per heavy atom. The molecule has 2 N–H and O–H groups in total. The zero-order valence-corrected chi connectivity index (χ0v) is 21.5. The molecular formula is C29H34N2O4S. The lowest BCUT2D eigenvalue weighted by Crippen LogP contribution is -2.43. The van der Waals surface area contributed by atoms with Crippen LogP contribution in [0.4, 0.5) is 0 Å². The van der Waals surface area contributed by atoms with E-state index in [9.17, 15) is 13.2 Å². The summed E-state index contributed by atoms with van der Waals surface area (Å²) in [6.07, 6.45) is 3.43. The fraction of sp³-hybridized carbons (Fsp3) is 0.345. The minimum Gasteiger partial charge on any atom is -0.375 e. The zero-order valence-electron chi connectivity index (χ0n) is 20.7. The lowest BCUT2D eigenvalue weighted by Gasteiger charge is -2.29. The van der Waals surface area contributed by atoms with Crippen molar-refractivity contribution in [1.29, 1.82) is 0 Å². The fourth-order valence-electron chi connectivity index (χ4n) is 5.05. The molecule has 0 heterocycles. The van der Waals surface area contributed by atoms with Gasteiger partial charge >= 0.3 is 0 Å². The number of amides is 1. The monoisotopic (exact) mass is 506 g/mol. The highest BCUT2D eigenvalue weighted by molar-refractivity contribution is 7.88. The van der Waals surface area contributed by atoms with Crippen LogP contribution in [0.1, 0.15) is 30.4 Å². The third-order valence-electron chi connectivity index (χ3n) is 6.69. The molecule has 0 aliphatic heterocycles. The fourth-order valence-corrected chi connectivity index (χ4v) is 5.85. The van der Waals surface area contributed by atoms with Gasteiger partial charge in [0.25, 0.3) is 0 Å². The van der Waals surface area contributed by atoms with Crippen molar-refractivity contribution in [2.75, 3.05) is 19.4 Å². The van der Waals surface area contributed by atoms with E-state index in [-0.39, 0.29) is 11.9 Å². The van der Waals surface area contributed by atoms with E-state index >= 15 is 0 Å². The Balaban J connectivity index is 1.44. The first-order chi connectivity index (χ1) is 17.3. The van der Waals surface area contributed by atoms with Gasteiger partial charge < -0.3 is 10.1 Å². The van der Waals surface area contributed by atoms with E-state index in [2.05, 4.69) is 34.3 Å². The highest BCUT2D eigenvalue weighted by atomic mass is 32.2. The van der Waals surface area contributed by atoms with Crippen molar-refractivity contribution in [3.8, 4) is 11.1 Å². The standard InChI is InChI=1S/C29H34N2O4S/c1-36(33,34)31-27-15-16-29(21-27,28(32)30-17-18-35-22-23-9-4-2-5-10-23)20-24-11-8-14-26(19-24)25-12-6-3-7-13-25/h2-14,19,27,31H,15-18,20-22H2,1H3,(H,30,32)/t27-,29+/m0/s1. The molecule has 0 saturated heterocycles. The molecule has 0 spiro atoms. The van der Waals surface area contributed by atoms with E-state index < -0.39 is 15.4 Å². The maximum Gasteiger partial charge on any atom is 0.226 e. The van der Waals surface area contributed by atoms with Crippen molar-refractivity contribution in [2.24, 2.45) is 5.41 Å². The van der Waals surface area contributed by atoms with Crippen LogP contribution in [0.3, 0.4) is 0 Å². The van der Waals surface area contributed by atoms with E-state index in [1.165, 1.54) is 6.26 Å². The van der Waals surface area contributed by atoms with Crippen LogP contribution in [-0.2, 0) is 32.6 Å². The summed E-state index contributed by atoms with van der Waals surface area (Å²) >= 11 is 0. The predicted octanol–water partition coefficient (Wildman–Crippen LogP) is 4.32. The SMILES string of the molecule is CS(=O)(=O)N[C@H]1CC[C@](Cc2cccc(-c3ccccc3)c2)(C(=O)NCCOCc2ccccc2)C1. The first-order valence-electron chi connectivity index (χ1n) is 12.3. The number of rotatable bonds is 11. The molecule has 0 radical (unpaired) electrons. The van der Waals surface area contributed by atoms with Gasteiger partial charge in [0.05, 0.1) is 24.9 Å². The largest absolute Gasteiger partial charge is 0.375 e. The summed E-state index contributed by atoms with van der Waals surface area (Å²) in [4.78, 5) is 13.5. The molecule has 0 aromatic heterocycles. The summed E-state index contributed by atoms with van der Waals surface area (Å²) in [5.74, 6) is -0.0475. The second-order valence-electron chi connectivity index (χ2n) is 9.65. The molecule has 1 aliphatic carbocycles. The van der Waals surface area contributed by atoms with E-state index in [4.69, 9.17) is 4.74 Å². The third kappa shape index (κ3) is 7.26. The first-order valence-corrected chi connectivity index (χ1v) is 14.2. The van der Waals surface area contributed by atoms with Crippen LogP contribution in [-0.4, -0.2) is 39.8 Å². The number of carbonyl (C=O) groups excluding carboxylic acids is 1. The van der Waals surface area contributed by atoms with Gasteiger partial charge in [-0.1, -0.05) is 84.9 Å². The molecule has 6 nitrogen and oxygen atoms in total. The summed E-state index contributed by atoms with van der Waals surface area (Å²) in [5.41, 5.74) is 3.69. The molecule has 3 aromatic carbocycles. The van der Waals surface area contributed by atoms with Crippen LogP contribution in [0.2, 0.25) is 0 Å². The van der Waals surface area contributed by atoms with Crippen LogP contribution in [0.25, 0.3) is 11.1 Å². The van der Waals surface area contributed by atoms with Gasteiger partial charge in [0.15, 0.2) is 0 Å². The molecule has 1 saturated carbocycles. The molecule has 0 bridgehead atoms. The summed E-state index contributed by atoms with van der Waals surface area (Å²) in [6, 6.07) is 28.1. The van der Waals surface area contributed by atoms with Gasteiger partial charge in [-0.05, 0) is 47.9 Å². The number of hydrogen-bond acceptors (Lipinski definition) is 4. The molecule has 1 amide bonds. The summed E-state index contributed by atoms with van der Waals surface area (Å²) in [5, 5.41) is 3.06. The molecule has 7 heteroatoms. The smallest absolute Gasteiger partial charge is 0.226 e. The first kappa shape index (κ1) is 26.1. The lowest BCUT2D eigenvalue weighted by atomic mass is 9.78. The van der Waals surface area contributed by atoms with Crippen LogP contribution < -0.4 is 10.0 Å². The van der Waals surface area contributed by atoms with Crippen molar-refractivity contribution >= 4 is 15.9 Å². The predicted molar refractivity (Wildman–Crippen MR) is 143 cm³/mol. The Hall–Kier alpha value is -3.00. The second kappa shape index (κ2) is 11.8. The average molecular weight is 507 g/mol. The Kier molecular flexibility index (Phi) is 8.56. The number of ether oxygens (including phenoxy) is 1. The summed E-state index contributed by atoms with van der Waals surface area (Å²) in [7, 11) is -3.35. The molecular weight excluding hydrogens is 472 g/mol. The topological polar surface area (TPSA) is 84.5 Å². The van der Waals surface area contributed by atoms with Crippen LogP contribution in [0.5, 0.6) is 0 Å². The van der Waals surface area contributed by atoms with E-state index in [0.29, 0.717) is 45.4 Å². The summed E-state index contributed by atoms with van der Waals surface area (Å²) in [6.45, 7) is 1.31. The Labute approximate surface area is 214 Å². The van der Waals surface area contributed by atoms with E-state index in [0.717, 1.165) is 22.3 Å². The Morgan fingerprint density at radius 2 is 1.61 bits per heavy atom. The van der Waals surface area contributed by atoms with Crippen LogP contribution >= 0.6 is 0 Å². The van der Waals surface area contributed by atoms with Crippen molar-refractivity contribution in [3.63, 3.8) is 0 Å². The molecule has 190 valence electrons. The van der Waals surface area contributed by atoms with E-state index in [1.807, 2.05) is 60.7 Å². The molecule has 1 aliphatic rings. The minimum atomic E-state index is -3.35. The number of hydrogen-bond donors (Lipinski definition) is 2.